The zero-order valence-corrected chi connectivity index (χ0v) is 14.1. The monoisotopic (exact) mass is 341 g/mol. The number of amides is 1. The van der Waals surface area contributed by atoms with E-state index in [-0.39, 0.29) is 18.4 Å². The molecule has 1 fully saturated rings. The maximum atomic E-state index is 12.8. The Hall–Kier alpha value is -2.74. The summed E-state index contributed by atoms with van der Waals surface area (Å²) in [5.41, 5.74) is 1.68. The molecular formula is C17H19N5O3. The van der Waals surface area contributed by atoms with Gasteiger partial charge < -0.3 is 14.1 Å². The van der Waals surface area contributed by atoms with Gasteiger partial charge in [-0.3, -0.25) is 9.89 Å². The van der Waals surface area contributed by atoms with Gasteiger partial charge in [-0.15, -0.1) is 10.2 Å². The van der Waals surface area contributed by atoms with Gasteiger partial charge in [-0.2, -0.15) is 5.10 Å². The molecule has 0 radical (unpaired) electrons. The molecule has 1 saturated heterocycles. The van der Waals surface area contributed by atoms with Gasteiger partial charge in [0.1, 0.15) is 0 Å². The number of morpholine rings is 1. The molecule has 130 valence electrons. The normalized spacial score (nSPS) is 21.0. The van der Waals surface area contributed by atoms with Crippen molar-refractivity contribution in [1.82, 2.24) is 25.3 Å². The number of carbonyl (C=O) groups excluding carboxylic acids is 1. The molecule has 3 aromatic rings. The summed E-state index contributed by atoms with van der Waals surface area (Å²) in [6.07, 6.45) is -0.233. The molecule has 0 spiro atoms. The van der Waals surface area contributed by atoms with Gasteiger partial charge in [0.05, 0.1) is 30.3 Å². The average molecular weight is 341 g/mol. The number of hydrogen-bond acceptors (Lipinski definition) is 6. The number of benzene rings is 1. The largest absolute Gasteiger partial charge is 0.423 e. The van der Waals surface area contributed by atoms with Gasteiger partial charge in [0.25, 0.3) is 0 Å². The molecule has 1 amide bonds. The molecular weight excluding hydrogens is 322 g/mol. The van der Waals surface area contributed by atoms with Crippen LogP contribution >= 0.6 is 0 Å². The van der Waals surface area contributed by atoms with E-state index in [1.807, 2.05) is 31.2 Å². The Morgan fingerprint density at radius 3 is 2.96 bits per heavy atom. The number of aryl methyl sites for hydroxylation is 1. The van der Waals surface area contributed by atoms with Gasteiger partial charge in [-0.1, -0.05) is 18.2 Å². The molecule has 1 aliphatic heterocycles. The number of H-pyrrole nitrogens is 1. The molecule has 3 heterocycles. The minimum atomic E-state index is -0.396. The molecule has 0 saturated carbocycles. The Labute approximate surface area is 144 Å². The summed E-state index contributed by atoms with van der Waals surface area (Å²) < 4.78 is 11.3. The first kappa shape index (κ1) is 15.8. The minimum absolute atomic E-state index is 0.0193. The highest BCUT2D eigenvalue weighted by Crippen LogP contribution is 2.25. The van der Waals surface area contributed by atoms with Crippen LogP contribution in [0, 0.1) is 6.92 Å². The number of aromatic amines is 1. The van der Waals surface area contributed by atoms with Crippen molar-refractivity contribution >= 4 is 16.8 Å². The zero-order chi connectivity index (χ0) is 17.4. The van der Waals surface area contributed by atoms with E-state index in [0.717, 1.165) is 16.6 Å². The van der Waals surface area contributed by atoms with E-state index in [1.54, 1.807) is 11.8 Å². The molecule has 1 N–H and O–H groups in total. The highest BCUT2D eigenvalue weighted by atomic mass is 16.5. The van der Waals surface area contributed by atoms with Crippen molar-refractivity contribution in [2.24, 2.45) is 0 Å². The van der Waals surface area contributed by atoms with Crippen molar-refractivity contribution < 1.29 is 13.9 Å². The van der Waals surface area contributed by atoms with Crippen LogP contribution in [-0.4, -0.2) is 50.4 Å². The highest BCUT2D eigenvalue weighted by molar-refractivity contribution is 5.87. The number of para-hydroxylation sites is 1. The second-order valence-corrected chi connectivity index (χ2v) is 6.29. The lowest BCUT2D eigenvalue weighted by Crippen LogP contribution is -2.46. The molecule has 1 aromatic carbocycles. The number of ether oxygens (including phenoxy) is 1. The van der Waals surface area contributed by atoms with Gasteiger partial charge in [-0.05, 0) is 13.0 Å². The van der Waals surface area contributed by atoms with E-state index in [0.29, 0.717) is 24.9 Å². The van der Waals surface area contributed by atoms with Crippen molar-refractivity contribution in [3.63, 3.8) is 0 Å². The molecule has 4 rings (SSSR count). The second kappa shape index (κ2) is 6.29. The average Bonchev–Trinajstić information content (AvgIpc) is 3.21. The third-order valence-corrected chi connectivity index (χ3v) is 4.30. The minimum Gasteiger partial charge on any atom is -0.423 e. The molecule has 0 bridgehead atoms. The SMILES string of the molecule is Cc1nnc([C@@H]2CN(C(=O)Cc3[nH]nc4ccccc34)C[C@@H](C)O2)o1. The first-order valence-corrected chi connectivity index (χ1v) is 8.25. The van der Waals surface area contributed by atoms with E-state index in [9.17, 15) is 4.79 Å². The van der Waals surface area contributed by atoms with E-state index >= 15 is 0 Å². The molecule has 2 aromatic heterocycles. The van der Waals surface area contributed by atoms with Gasteiger partial charge in [-0.25, -0.2) is 0 Å². The highest BCUT2D eigenvalue weighted by Gasteiger charge is 2.32. The Morgan fingerprint density at radius 2 is 2.16 bits per heavy atom. The van der Waals surface area contributed by atoms with Crippen LogP contribution < -0.4 is 0 Å². The summed E-state index contributed by atoms with van der Waals surface area (Å²) in [7, 11) is 0. The third kappa shape index (κ3) is 3.12. The molecule has 8 heteroatoms. The Kier molecular flexibility index (Phi) is 3.96. The lowest BCUT2D eigenvalue weighted by molar-refractivity contribution is -0.145. The number of rotatable bonds is 3. The maximum Gasteiger partial charge on any atom is 0.247 e. The first-order chi connectivity index (χ1) is 12.1. The fourth-order valence-electron chi connectivity index (χ4n) is 3.15. The number of nitrogens with one attached hydrogen (secondary N) is 1. The number of aromatic nitrogens is 4. The zero-order valence-electron chi connectivity index (χ0n) is 14.1. The summed E-state index contributed by atoms with van der Waals surface area (Å²) in [5, 5.41) is 16.0. The van der Waals surface area contributed by atoms with Crippen LogP contribution in [0.5, 0.6) is 0 Å². The Bertz CT molecular complexity index is 902. The topological polar surface area (TPSA) is 97.1 Å². The van der Waals surface area contributed by atoms with Crippen LogP contribution in [0.3, 0.4) is 0 Å². The number of fused-ring (bicyclic) bond motifs is 1. The van der Waals surface area contributed by atoms with Crippen LogP contribution in [-0.2, 0) is 16.0 Å². The summed E-state index contributed by atoms with van der Waals surface area (Å²) >= 11 is 0. The van der Waals surface area contributed by atoms with Crippen LogP contribution in [0.4, 0.5) is 0 Å². The fraction of sp³-hybridized carbons (Fsp3) is 0.412. The lowest BCUT2D eigenvalue weighted by atomic mass is 10.1. The summed E-state index contributed by atoms with van der Waals surface area (Å²) in [6, 6.07) is 7.75. The van der Waals surface area contributed by atoms with Crippen molar-refractivity contribution in [2.45, 2.75) is 32.5 Å². The molecule has 0 unspecified atom stereocenters. The van der Waals surface area contributed by atoms with Crippen molar-refractivity contribution in [1.29, 1.82) is 0 Å². The molecule has 1 aliphatic rings. The van der Waals surface area contributed by atoms with Gasteiger partial charge in [0.2, 0.25) is 17.7 Å². The molecule has 25 heavy (non-hydrogen) atoms. The predicted octanol–water partition coefficient (Wildman–Crippen LogP) is 1.79. The quantitative estimate of drug-likeness (QED) is 0.780. The van der Waals surface area contributed by atoms with Crippen LogP contribution in [0.1, 0.15) is 30.5 Å². The molecule has 8 nitrogen and oxygen atoms in total. The fourth-order valence-corrected chi connectivity index (χ4v) is 3.15. The van der Waals surface area contributed by atoms with Crippen molar-refractivity contribution in [3.8, 4) is 0 Å². The number of nitrogens with zero attached hydrogens (tertiary/aromatic N) is 4. The van der Waals surface area contributed by atoms with Crippen LogP contribution in [0.15, 0.2) is 28.7 Å². The molecule has 0 aliphatic carbocycles. The molecule has 2 atom stereocenters. The summed E-state index contributed by atoms with van der Waals surface area (Å²) in [4.78, 5) is 14.6. The second-order valence-electron chi connectivity index (χ2n) is 6.29. The van der Waals surface area contributed by atoms with Crippen LogP contribution in [0.25, 0.3) is 10.9 Å². The van der Waals surface area contributed by atoms with E-state index in [4.69, 9.17) is 9.15 Å². The third-order valence-electron chi connectivity index (χ3n) is 4.30. The van der Waals surface area contributed by atoms with Crippen molar-refractivity contribution in [2.75, 3.05) is 13.1 Å². The lowest BCUT2D eigenvalue weighted by Gasteiger charge is -2.35. The van der Waals surface area contributed by atoms with Gasteiger partial charge >= 0.3 is 0 Å². The van der Waals surface area contributed by atoms with Crippen molar-refractivity contribution in [3.05, 3.63) is 41.7 Å². The summed E-state index contributed by atoms with van der Waals surface area (Å²) in [5.74, 6) is 0.915. The smallest absolute Gasteiger partial charge is 0.247 e. The van der Waals surface area contributed by atoms with Crippen LogP contribution in [0.2, 0.25) is 0 Å². The van der Waals surface area contributed by atoms with E-state index < -0.39 is 6.10 Å². The van der Waals surface area contributed by atoms with Gasteiger partial charge in [0, 0.05) is 18.9 Å². The van der Waals surface area contributed by atoms with E-state index in [2.05, 4.69) is 20.4 Å². The van der Waals surface area contributed by atoms with Gasteiger partial charge in [0.15, 0.2) is 6.10 Å². The predicted molar refractivity (Wildman–Crippen MR) is 88.7 cm³/mol. The maximum absolute atomic E-state index is 12.8. The first-order valence-electron chi connectivity index (χ1n) is 8.25. The number of hydrogen-bond donors (Lipinski definition) is 1. The summed E-state index contributed by atoms with van der Waals surface area (Å²) in [6.45, 7) is 4.60. The standard InChI is InChI=1S/C17H19N5O3/c1-10-8-22(9-15(24-10)17-21-18-11(2)25-17)16(23)7-14-12-5-3-4-6-13(12)19-20-14/h3-6,10,15H,7-9H2,1-2H3,(H,19,20)/t10-,15+/m1/s1. The van der Waals surface area contributed by atoms with E-state index in [1.165, 1.54) is 0 Å². The Morgan fingerprint density at radius 1 is 1.32 bits per heavy atom. The number of carbonyl (C=O) groups is 1. The Balaban J connectivity index is 1.51.